The zero-order valence-corrected chi connectivity index (χ0v) is 82.7. The maximum atomic E-state index is 13.9. The number of ether oxygens (including phenoxy) is 2. The summed E-state index contributed by atoms with van der Waals surface area (Å²) in [5.74, 6) is -5.12. The van der Waals surface area contributed by atoms with Gasteiger partial charge in [-0.3, -0.25) is 28.8 Å². The predicted molar refractivity (Wildman–Crippen MR) is 544 cm³/mol. The zero-order chi connectivity index (χ0) is 113. The molecule has 0 saturated carbocycles. The molecule has 0 radical (unpaired) electrons. The van der Waals surface area contributed by atoms with Crippen LogP contribution in [0.5, 0.6) is 0 Å². The molecule has 0 spiro atoms. The first-order valence-electron chi connectivity index (χ1n) is 39.0. The van der Waals surface area contributed by atoms with E-state index in [9.17, 15) is 38.7 Å². The van der Waals surface area contributed by atoms with Crippen LogP contribution in [0.4, 0.5) is 4.79 Å². The van der Waals surface area contributed by atoms with Crippen LogP contribution in [0, 0.1) is 23.2 Å². The number of esters is 2. The van der Waals surface area contributed by atoms with Gasteiger partial charge in [0.25, 0.3) is 0 Å². The first-order valence-corrected chi connectivity index (χ1v) is 39.0. The summed E-state index contributed by atoms with van der Waals surface area (Å²) in [7, 11) is 2.12. The Kier molecular flexibility index (Phi) is 228. The second-order valence-electron chi connectivity index (χ2n) is 19.4. The van der Waals surface area contributed by atoms with Crippen LogP contribution in [-0.2, 0) is 182 Å². The molecule has 4 rings (SSSR count). The lowest BCUT2D eigenvalue weighted by molar-refractivity contribution is -0.870. The minimum absolute atomic E-state index is 0.000671. The Morgan fingerprint density at radius 1 is 0.355 bits per heavy atom. The van der Waals surface area contributed by atoms with Crippen LogP contribution in [0.1, 0.15) is 113 Å². The summed E-state index contributed by atoms with van der Waals surface area (Å²) in [5, 5.41) is 98.0. The number of hydrogen-bond acceptors (Lipinski definition) is 36. The van der Waals surface area contributed by atoms with Crippen molar-refractivity contribution in [3.8, 4) is 11.1 Å². The van der Waals surface area contributed by atoms with Gasteiger partial charge < -0.3 is 25.6 Å². The summed E-state index contributed by atoms with van der Waals surface area (Å²) in [6, 6.07) is 21.6. The fourth-order valence-corrected chi connectivity index (χ4v) is 8.74. The lowest BCUT2D eigenvalue weighted by Crippen LogP contribution is -2.40. The van der Waals surface area contributed by atoms with Gasteiger partial charge in [0.2, 0.25) is 0 Å². The molecular formula is C100H164N2O36. The van der Waals surface area contributed by atoms with Gasteiger partial charge >= 0.3 is 18.0 Å². The van der Waals surface area contributed by atoms with Gasteiger partial charge in [-0.15, -0.1) is 316 Å². The fourth-order valence-electron chi connectivity index (χ4n) is 8.74. The summed E-state index contributed by atoms with van der Waals surface area (Å²) >= 11 is 0. The second-order valence-corrected chi connectivity index (χ2v) is 19.4. The molecule has 0 saturated heterocycles. The van der Waals surface area contributed by atoms with Gasteiger partial charge in [0.15, 0.2) is 0 Å². The summed E-state index contributed by atoms with van der Waals surface area (Å²) in [6.45, 7) is 145. The highest BCUT2D eigenvalue weighted by molar-refractivity contribution is 5.93. The van der Waals surface area contributed by atoms with E-state index in [0.717, 1.165) is 36.5 Å². The maximum Gasteiger partial charge on any atom is 0.312 e. The number of amides is 2. The third-order valence-electron chi connectivity index (χ3n) is 12.9. The molecule has 0 aromatic heterocycles. The molecule has 1 aliphatic carbocycles. The number of benzene rings is 3. The highest BCUT2D eigenvalue weighted by Crippen LogP contribution is 2.44. The molecule has 3 aromatic carbocycles. The Balaban J connectivity index is -0.000000130. The largest absolute Gasteiger partial charge is 0.465 e. The minimum atomic E-state index is -1.87. The minimum Gasteiger partial charge on any atom is -0.465 e. The van der Waals surface area contributed by atoms with Crippen molar-refractivity contribution in [3.63, 3.8) is 0 Å². The van der Waals surface area contributed by atoms with E-state index in [0.29, 0.717) is 17.5 Å². The van der Waals surface area contributed by atoms with E-state index in [1.54, 1.807) is 38.1 Å². The molecule has 2 unspecified atom stereocenters. The SMILES string of the molecule is C=C.C=C.C=C.C=C.C=C.C=C.C=C.C=C.C=C.C=C.C=C.C=C.C=C.C=C.C=C.C=C.C=C.C=C.C=C.C=C.C=C.C=C.C=C.C=C.COOOOOOOOOOOOOCC(COOOOOOOOOOOOOC)(COC(=O)CCCC(=O)CC(C(=O)CC(CCCNC(N)=O)C(=O)Cc1ccc(CO)cc1)C(C)C)CC(=O)CCCC(=O)OCC1c2ccccc2-c2ccccc21. The Hall–Kier alpha value is -12.8. The number of hydrogen-bond donors (Lipinski definition) is 3. The van der Waals surface area contributed by atoms with Crippen LogP contribution in [-0.4, -0.2) is 93.4 Å². The number of urea groups is 1. The first kappa shape index (κ1) is 178. The van der Waals surface area contributed by atoms with E-state index in [4.69, 9.17) is 25.0 Å². The summed E-state index contributed by atoms with van der Waals surface area (Å²) in [4.78, 5) is 111. The van der Waals surface area contributed by atoms with E-state index in [2.05, 4.69) is 442 Å². The average Bonchev–Trinajstić information content (AvgIpc) is 1.62. The number of carbonyl (C=O) groups is 7. The van der Waals surface area contributed by atoms with Gasteiger partial charge in [0.1, 0.15) is 36.3 Å². The molecule has 38 nitrogen and oxygen atoms in total. The summed E-state index contributed by atoms with van der Waals surface area (Å²) < 4.78 is 11.2. The van der Waals surface area contributed by atoms with Crippen molar-refractivity contribution in [1.82, 2.24) is 5.32 Å². The molecule has 2 amide bonds. The van der Waals surface area contributed by atoms with Crippen molar-refractivity contribution in [2.45, 2.75) is 103 Å². The van der Waals surface area contributed by atoms with E-state index >= 15 is 0 Å². The van der Waals surface area contributed by atoms with Crippen molar-refractivity contribution in [3.05, 3.63) is 411 Å². The number of rotatable bonds is 56. The maximum absolute atomic E-state index is 13.9. The lowest BCUT2D eigenvalue weighted by atomic mass is 9.80. The molecule has 38 heteroatoms. The number of aliphatic hydroxyl groups excluding tert-OH is 1. The van der Waals surface area contributed by atoms with Crippen LogP contribution in [0.3, 0.4) is 0 Å². The highest BCUT2D eigenvalue weighted by Gasteiger charge is 2.38. The Morgan fingerprint density at radius 3 is 0.964 bits per heavy atom. The van der Waals surface area contributed by atoms with E-state index in [-0.39, 0.29) is 113 Å². The van der Waals surface area contributed by atoms with Crippen LogP contribution >= 0.6 is 0 Å². The molecule has 790 valence electrons. The van der Waals surface area contributed by atoms with Gasteiger partial charge in [-0.25, -0.2) is 24.3 Å². The number of carbonyl (C=O) groups excluding carboxylic acids is 7. The van der Waals surface area contributed by atoms with Crippen LogP contribution < -0.4 is 11.1 Å². The molecule has 3 aromatic rings. The second kappa shape index (κ2) is 177. The van der Waals surface area contributed by atoms with Gasteiger partial charge in [0.05, 0.1) is 39.5 Å². The zero-order valence-electron chi connectivity index (χ0n) is 82.7. The topological polar surface area (TPSA) is 436 Å². The van der Waals surface area contributed by atoms with E-state index < -0.39 is 67.2 Å². The van der Waals surface area contributed by atoms with Crippen LogP contribution in [0.2, 0.25) is 0 Å². The van der Waals surface area contributed by atoms with E-state index in [1.165, 1.54) is 0 Å². The molecule has 0 bridgehead atoms. The number of nitrogens with one attached hydrogen (secondary N) is 1. The van der Waals surface area contributed by atoms with Crippen molar-refractivity contribution < 1.29 is 179 Å². The molecule has 4 N–H and O–H groups in total. The van der Waals surface area contributed by atoms with Crippen molar-refractivity contribution in [2.75, 3.05) is 47.2 Å². The third-order valence-corrected chi connectivity index (χ3v) is 12.9. The Morgan fingerprint density at radius 2 is 0.652 bits per heavy atom. The van der Waals surface area contributed by atoms with Crippen molar-refractivity contribution in [1.29, 1.82) is 0 Å². The molecule has 0 heterocycles. The Labute approximate surface area is 822 Å². The number of primary amides is 1. The van der Waals surface area contributed by atoms with Gasteiger partial charge in [0, 0.05) is 75.7 Å². The third kappa shape index (κ3) is 119. The van der Waals surface area contributed by atoms with Crippen molar-refractivity contribution in [2.24, 2.45) is 28.9 Å². The fraction of sp³-hybridized carbons (Fsp3) is 0.270. The highest BCUT2D eigenvalue weighted by atomic mass is 18.0. The molecule has 2 atom stereocenters. The van der Waals surface area contributed by atoms with Gasteiger partial charge in [-0.2, -0.15) is 0 Å². The summed E-state index contributed by atoms with van der Waals surface area (Å²) in [6.07, 6.45) is -1.54. The van der Waals surface area contributed by atoms with Gasteiger partial charge in [-0.05, 0) is 176 Å². The number of fused-ring (bicyclic) bond motifs is 3. The number of Topliss-reactive ketones (excluding diaryl/α,β-unsaturated/α-hetero) is 4. The molecule has 138 heavy (non-hydrogen) atoms. The Bertz CT molecular complexity index is 2830. The summed E-state index contributed by atoms with van der Waals surface area (Å²) in [5.41, 5.74) is 8.70. The molecule has 0 fully saturated rings. The number of nitrogens with two attached hydrogens (primary N) is 1. The monoisotopic (exact) mass is 1970 g/mol. The predicted octanol–water partition coefficient (Wildman–Crippen LogP) is 24.6. The number of ketones is 4. The normalized spacial score (nSPS) is 9.03. The average molecular weight is 1970 g/mol. The quantitative estimate of drug-likeness (QED) is 0.0155. The van der Waals surface area contributed by atoms with Crippen LogP contribution in [0.15, 0.2) is 389 Å². The molecule has 1 aliphatic rings. The van der Waals surface area contributed by atoms with Gasteiger partial charge in [-0.1, -0.05) is 86.6 Å². The number of aliphatic hydroxyl groups is 1. The van der Waals surface area contributed by atoms with Crippen molar-refractivity contribution >= 4 is 41.1 Å². The first-order chi connectivity index (χ1) is 67.7. The van der Waals surface area contributed by atoms with E-state index in [1.807, 2.05) is 48.5 Å². The standard InChI is InChI=1S/C52H68N2O36.24C2H4/c1-35(2)45(48(59)27-38(12-11-25-54-51(53)62)47(58)26-36-21-23-37(30-55)24-22-36)28-39(56)13-9-20-50(61)66-32-52(33-67-71-75-79-83-87-89-85-81-77-73-69-63-3,34-68-72-76-80-84-88-90-86-82-78-74-70-64-4)29-40(57)14-10-19-49(60)65-31-46-43-17-7-5-15-41(43)42-16-6-8-18-44(42)46;24*1-2/h5-8,15-18,21-24,35,38,45-46,55H,9-14,19-20,25-34H2,1-4H3,(H3,53,54,62);24*1-2H2. The molecular weight excluding hydrogens is 1810 g/mol. The molecule has 0 aliphatic heterocycles. The van der Waals surface area contributed by atoms with Crippen LogP contribution in [0.25, 0.3) is 11.1 Å². The lowest BCUT2D eigenvalue weighted by Gasteiger charge is -2.30. The smallest absolute Gasteiger partial charge is 0.312 e.